The van der Waals surface area contributed by atoms with Gasteiger partial charge in [0.15, 0.2) is 0 Å². The lowest BCUT2D eigenvalue weighted by molar-refractivity contribution is 0.0996. The van der Waals surface area contributed by atoms with Gasteiger partial charge in [-0.3, -0.25) is 4.79 Å². The van der Waals surface area contributed by atoms with Crippen LogP contribution in [0.1, 0.15) is 15.9 Å². The molecule has 0 aliphatic rings. The fourth-order valence-electron chi connectivity index (χ4n) is 1.49. The molecule has 2 rings (SSSR count). The molecular formula is C13H9ClF2N2O2. The highest BCUT2D eigenvalue weighted by atomic mass is 35.5. The molecule has 0 saturated carbocycles. The Morgan fingerprint density at radius 1 is 1.35 bits per heavy atom. The van der Waals surface area contributed by atoms with Crippen LogP contribution in [0.2, 0.25) is 5.02 Å². The number of amides is 1. The quantitative estimate of drug-likeness (QED) is 0.944. The van der Waals surface area contributed by atoms with Crippen molar-refractivity contribution in [2.24, 2.45) is 5.73 Å². The lowest BCUT2D eigenvalue weighted by atomic mass is 10.1. The number of aromatic nitrogens is 1. The van der Waals surface area contributed by atoms with E-state index in [1.54, 1.807) is 0 Å². The fourth-order valence-corrected chi connectivity index (χ4v) is 1.71. The van der Waals surface area contributed by atoms with Crippen molar-refractivity contribution in [3.05, 3.63) is 58.2 Å². The van der Waals surface area contributed by atoms with E-state index in [4.69, 9.17) is 22.1 Å². The third-order valence-corrected chi connectivity index (χ3v) is 2.83. The maximum atomic E-state index is 13.6. The third-order valence-electron chi connectivity index (χ3n) is 2.48. The fraction of sp³-hybridized carbons (Fsp3) is 0.0769. The van der Waals surface area contributed by atoms with E-state index < -0.39 is 17.5 Å². The summed E-state index contributed by atoms with van der Waals surface area (Å²) in [6.07, 6.45) is 0.994. The van der Waals surface area contributed by atoms with Crippen molar-refractivity contribution in [2.45, 2.75) is 6.61 Å². The smallest absolute Gasteiger partial charge is 0.251 e. The van der Waals surface area contributed by atoms with Crippen LogP contribution in [0.5, 0.6) is 5.88 Å². The molecule has 7 heteroatoms. The van der Waals surface area contributed by atoms with Crippen molar-refractivity contribution in [1.82, 2.24) is 4.98 Å². The summed E-state index contributed by atoms with van der Waals surface area (Å²) >= 11 is 5.90. The summed E-state index contributed by atoms with van der Waals surface area (Å²) in [7, 11) is 0. The van der Waals surface area contributed by atoms with E-state index in [2.05, 4.69) is 4.98 Å². The summed E-state index contributed by atoms with van der Waals surface area (Å²) in [6.45, 7) is -0.0760. The van der Waals surface area contributed by atoms with Gasteiger partial charge in [-0.2, -0.15) is 0 Å². The number of pyridine rings is 1. The molecule has 20 heavy (non-hydrogen) atoms. The largest absolute Gasteiger partial charge is 0.473 e. The van der Waals surface area contributed by atoms with E-state index in [-0.39, 0.29) is 23.1 Å². The Hall–Kier alpha value is -2.21. The van der Waals surface area contributed by atoms with Crippen molar-refractivity contribution in [3.8, 4) is 5.88 Å². The minimum atomic E-state index is -0.905. The van der Waals surface area contributed by atoms with Gasteiger partial charge in [-0.25, -0.2) is 13.8 Å². The van der Waals surface area contributed by atoms with E-state index in [0.29, 0.717) is 5.56 Å². The van der Waals surface area contributed by atoms with Crippen LogP contribution in [0.4, 0.5) is 8.78 Å². The molecule has 0 aliphatic carbocycles. The average Bonchev–Trinajstić information content (AvgIpc) is 2.41. The highest BCUT2D eigenvalue weighted by molar-refractivity contribution is 6.31. The second-order valence-corrected chi connectivity index (χ2v) is 4.30. The summed E-state index contributed by atoms with van der Waals surface area (Å²) in [4.78, 5) is 14.6. The molecule has 2 aromatic rings. The number of halogens is 3. The Morgan fingerprint density at radius 3 is 2.70 bits per heavy atom. The molecule has 1 aromatic carbocycles. The van der Waals surface area contributed by atoms with Gasteiger partial charge in [0.1, 0.15) is 18.2 Å². The second kappa shape index (κ2) is 5.83. The summed E-state index contributed by atoms with van der Waals surface area (Å²) in [5.41, 5.74) is 5.03. The van der Waals surface area contributed by atoms with Crippen LogP contribution in [0.15, 0.2) is 30.5 Å². The Labute approximate surface area is 118 Å². The Bertz CT molecular complexity index is 648. The summed E-state index contributed by atoms with van der Waals surface area (Å²) < 4.78 is 31.5. The first-order valence-corrected chi connectivity index (χ1v) is 5.87. The van der Waals surface area contributed by atoms with E-state index in [9.17, 15) is 13.6 Å². The highest BCUT2D eigenvalue weighted by Gasteiger charge is 2.13. The van der Waals surface area contributed by atoms with Crippen molar-refractivity contribution in [2.75, 3.05) is 0 Å². The molecule has 0 bridgehead atoms. The molecule has 0 saturated heterocycles. The van der Waals surface area contributed by atoms with Gasteiger partial charge in [0.05, 0.1) is 11.8 Å². The number of hydrogen-bond acceptors (Lipinski definition) is 3. The molecule has 0 spiro atoms. The van der Waals surface area contributed by atoms with E-state index in [1.807, 2.05) is 0 Å². The van der Waals surface area contributed by atoms with Crippen molar-refractivity contribution in [1.29, 1.82) is 0 Å². The molecule has 1 heterocycles. The maximum Gasteiger partial charge on any atom is 0.251 e. The monoisotopic (exact) mass is 298 g/mol. The van der Waals surface area contributed by atoms with Gasteiger partial charge < -0.3 is 10.5 Å². The first-order chi connectivity index (χ1) is 9.47. The minimum absolute atomic E-state index is 0.0760. The lowest BCUT2D eigenvalue weighted by Crippen LogP contribution is -2.13. The average molecular weight is 299 g/mol. The Morgan fingerprint density at radius 2 is 2.10 bits per heavy atom. The molecule has 0 fully saturated rings. The number of benzene rings is 1. The van der Waals surface area contributed by atoms with Gasteiger partial charge in [-0.15, -0.1) is 0 Å². The molecule has 4 nitrogen and oxygen atoms in total. The number of primary amides is 1. The van der Waals surface area contributed by atoms with Crippen LogP contribution in [0.25, 0.3) is 0 Å². The maximum absolute atomic E-state index is 13.6. The van der Waals surface area contributed by atoms with Crippen LogP contribution in [0.3, 0.4) is 0 Å². The number of carbonyl (C=O) groups excluding carboxylic acids is 1. The Kier molecular flexibility index (Phi) is 4.14. The molecule has 1 aromatic heterocycles. The van der Waals surface area contributed by atoms with Crippen LogP contribution < -0.4 is 10.5 Å². The lowest BCUT2D eigenvalue weighted by Gasteiger charge is -2.08. The predicted molar refractivity (Wildman–Crippen MR) is 68.5 cm³/mol. The predicted octanol–water partition coefficient (Wildman–Crippen LogP) is 2.69. The number of nitrogens with zero attached hydrogens (tertiary/aromatic N) is 1. The van der Waals surface area contributed by atoms with Gasteiger partial charge in [0, 0.05) is 16.7 Å². The zero-order valence-electron chi connectivity index (χ0n) is 10.1. The molecule has 0 unspecified atom stereocenters. The van der Waals surface area contributed by atoms with Gasteiger partial charge in [-0.05, 0) is 18.2 Å². The molecule has 2 N–H and O–H groups in total. The number of carbonyl (C=O) groups is 1. The highest BCUT2D eigenvalue weighted by Crippen LogP contribution is 2.22. The standard InChI is InChI=1S/C13H9ClF2N2O2/c14-10-4-9(13(17)19)11(16)3-7(10)6-20-12-2-1-8(15)5-18-12/h1-5H,6H2,(H2,17,19). The zero-order chi connectivity index (χ0) is 14.7. The summed E-state index contributed by atoms with van der Waals surface area (Å²) in [5.74, 6) is -2.02. The number of ether oxygens (including phenoxy) is 1. The molecular weight excluding hydrogens is 290 g/mol. The molecule has 104 valence electrons. The second-order valence-electron chi connectivity index (χ2n) is 3.89. The molecule has 0 atom stereocenters. The number of rotatable bonds is 4. The van der Waals surface area contributed by atoms with Crippen molar-refractivity contribution >= 4 is 17.5 Å². The number of nitrogens with two attached hydrogens (primary N) is 1. The van der Waals surface area contributed by atoms with Gasteiger partial charge >= 0.3 is 0 Å². The van der Waals surface area contributed by atoms with Gasteiger partial charge in [0.25, 0.3) is 5.91 Å². The van der Waals surface area contributed by atoms with Crippen molar-refractivity contribution < 1.29 is 18.3 Å². The molecule has 1 amide bonds. The van der Waals surface area contributed by atoms with Crippen LogP contribution in [-0.2, 0) is 6.61 Å². The molecule has 0 radical (unpaired) electrons. The van der Waals surface area contributed by atoms with Gasteiger partial charge in [0.2, 0.25) is 5.88 Å². The zero-order valence-corrected chi connectivity index (χ0v) is 10.8. The summed E-state index contributed by atoms with van der Waals surface area (Å²) in [5, 5.41) is 0.141. The third kappa shape index (κ3) is 3.21. The first-order valence-electron chi connectivity index (χ1n) is 5.49. The Balaban J connectivity index is 2.16. The van der Waals surface area contributed by atoms with Crippen LogP contribution in [0, 0.1) is 11.6 Å². The van der Waals surface area contributed by atoms with Crippen LogP contribution >= 0.6 is 11.6 Å². The van der Waals surface area contributed by atoms with Gasteiger partial charge in [-0.1, -0.05) is 11.6 Å². The van der Waals surface area contributed by atoms with E-state index in [1.165, 1.54) is 12.1 Å². The van der Waals surface area contributed by atoms with Crippen molar-refractivity contribution in [3.63, 3.8) is 0 Å². The van der Waals surface area contributed by atoms with E-state index in [0.717, 1.165) is 18.3 Å². The SMILES string of the molecule is NC(=O)c1cc(Cl)c(COc2ccc(F)cn2)cc1F. The summed E-state index contributed by atoms with van der Waals surface area (Å²) in [6, 6.07) is 4.71. The van der Waals surface area contributed by atoms with Crippen LogP contribution in [-0.4, -0.2) is 10.9 Å². The molecule has 0 aliphatic heterocycles. The number of hydrogen-bond donors (Lipinski definition) is 1. The topological polar surface area (TPSA) is 65.2 Å². The van der Waals surface area contributed by atoms with E-state index >= 15 is 0 Å². The normalized spacial score (nSPS) is 10.3. The first kappa shape index (κ1) is 14.2. The minimum Gasteiger partial charge on any atom is -0.473 e.